The van der Waals surface area contributed by atoms with Crippen molar-refractivity contribution in [3.8, 4) is 11.5 Å². The number of hydrogen-bond donors (Lipinski definition) is 3. The Morgan fingerprint density at radius 3 is 2.61 bits per heavy atom. The number of anilines is 3. The number of benzene rings is 2. The molecule has 1 saturated heterocycles. The van der Waals surface area contributed by atoms with Crippen LogP contribution in [0.5, 0.6) is 11.5 Å². The van der Waals surface area contributed by atoms with Gasteiger partial charge in [0.2, 0.25) is 11.9 Å². The normalized spacial score (nSPS) is 18.0. The second kappa shape index (κ2) is 9.18. The lowest BCUT2D eigenvalue weighted by molar-refractivity contribution is -0.932. The first-order valence-corrected chi connectivity index (χ1v) is 10.5. The summed E-state index contributed by atoms with van der Waals surface area (Å²) < 4.78 is 11.0. The summed E-state index contributed by atoms with van der Waals surface area (Å²) in [6, 6.07) is 14.4. The lowest BCUT2D eigenvalue weighted by Crippen LogP contribution is -3.09. The molecular formula is C23H29N6O2+. The number of rotatable bonds is 7. The molecular weight excluding hydrogens is 392 g/mol. The predicted molar refractivity (Wildman–Crippen MR) is 120 cm³/mol. The Morgan fingerprint density at radius 1 is 1.06 bits per heavy atom. The van der Waals surface area contributed by atoms with E-state index in [1.54, 1.807) is 14.2 Å². The van der Waals surface area contributed by atoms with Gasteiger partial charge in [0.15, 0.2) is 5.82 Å². The van der Waals surface area contributed by atoms with Gasteiger partial charge in [-0.25, -0.2) is 0 Å². The fraction of sp³-hybridized carbons (Fsp3) is 0.348. The van der Waals surface area contributed by atoms with Gasteiger partial charge in [-0.1, -0.05) is 17.7 Å². The van der Waals surface area contributed by atoms with Crippen molar-refractivity contribution >= 4 is 17.6 Å². The Kier molecular flexibility index (Phi) is 6.18. The zero-order chi connectivity index (χ0) is 21.8. The van der Waals surface area contributed by atoms with Crippen molar-refractivity contribution in [1.82, 2.24) is 15.0 Å². The van der Waals surface area contributed by atoms with Crippen LogP contribution in [-0.2, 0) is 6.54 Å². The molecule has 8 nitrogen and oxygen atoms in total. The number of nitrogens with two attached hydrogens (primary N) is 1. The van der Waals surface area contributed by atoms with Crippen LogP contribution < -0.4 is 25.4 Å². The Morgan fingerprint density at radius 2 is 1.87 bits per heavy atom. The van der Waals surface area contributed by atoms with E-state index in [1.165, 1.54) is 16.0 Å². The highest BCUT2D eigenvalue weighted by Gasteiger charge is 2.33. The molecule has 1 aromatic heterocycles. The predicted octanol–water partition coefficient (Wildman–Crippen LogP) is 2.44. The molecule has 0 saturated carbocycles. The van der Waals surface area contributed by atoms with Crippen molar-refractivity contribution in [2.75, 3.05) is 31.8 Å². The molecule has 0 amide bonds. The monoisotopic (exact) mass is 421 g/mol. The first-order chi connectivity index (χ1) is 15.1. The molecule has 0 aliphatic carbocycles. The smallest absolute Gasteiger partial charge is 0.232 e. The average molecular weight is 422 g/mol. The maximum atomic E-state index is 5.99. The lowest BCUT2D eigenvalue weighted by atomic mass is 10.0. The fourth-order valence-electron chi connectivity index (χ4n) is 4.15. The van der Waals surface area contributed by atoms with Crippen LogP contribution in [0, 0.1) is 6.92 Å². The molecule has 0 radical (unpaired) electrons. The van der Waals surface area contributed by atoms with Crippen LogP contribution in [0.15, 0.2) is 42.5 Å². The van der Waals surface area contributed by atoms with Gasteiger partial charge in [-0.15, -0.1) is 0 Å². The van der Waals surface area contributed by atoms with E-state index in [4.69, 9.17) is 15.2 Å². The summed E-state index contributed by atoms with van der Waals surface area (Å²) in [5.41, 5.74) is 9.27. The molecule has 1 aliphatic rings. The van der Waals surface area contributed by atoms with Gasteiger partial charge in [0, 0.05) is 24.6 Å². The van der Waals surface area contributed by atoms with Crippen LogP contribution >= 0.6 is 0 Å². The third-order valence-electron chi connectivity index (χ3n) is 5.69. The summed E-state index contributed by atoms with van der Waals surface area (Å²) >= 11 is 0. The van der Waals surface area contributed by atoms with Crippen molar-refractivity contribution in [1.29, 1.82) is 0 Å². The number of hydrogen-bond acceptors (Lipinski definition) is 7. The molecule has 2 heterocycles. The average Bonchev–Trinajstić information content (AvgIpc) is 3.22. The Labute approximate surface area is 182 Å². The molecule has 8 heteroatoms. The van der Waals surface area contributed by atoms with E-state index in [9.17, 15) is 0 Å². The molecule has 162 valence electrons. The summed E-state index contributed by atoms with van der Waals surface area (Å²) in [6.45, 7) is 3.75. The van der Waals surface area contributed by atoms with Gasteiger partial charge in [-0.3, -0.25) is 0 Å². The van der Waals surface area contributed by atoms with E-state index in [0.717, 1.165) is 36.6 Å². The largest absolute Gasteiger partial charge is 0.497 e. The molecule has 0 bridgehead atoms. The van der Waals surface area contributed by atoms with Gasteiger partial charge in [0.05, 0.1) is 26.3 Å². The quantitative estimate of drug-likeness (QED) is 0.539. The van der Waals surface area contributed by atoms with Crippen LogP contribution in [-0.4, -0.2) is 35.7 Å². The highest BCUT2D eigenvalue weighted by molar-refractivity contribution is 5.54. The van der Waals surface area contributed by atoms with Gasteiger partial charge in [-0.05, 0) is 31.2 Å². The first-order valence-electron chi connectivity index (χ1n) is 10.5. The van der Waals surface area contributed by atoms with Crippen molar-refractivity contribution < 1.29 is 14.4 Å². The summed E-state index contributed by atoms with van der Waals surface area (Å²) in [6.07, 6.45) is 2.21. The standard InChI is InChI=1S/C23H28N6O2/c1-15-6-8-16(9-7-15)25-23-27-21(26-22(24)28-23)14-29-12-4-5-19(29)18-11-10-17(30-2)13-20(18)31-3/h6-11,13,19H,4-5,12,14H2,1-3H3,(H3,24,25,26,27,28)/p+1/t19-/m0/s1. The number of likely N-dealkylation sites (tertiary alicyclic amines) is 1. The zero-order valence-corrected chi connectivity index (χ0v) is 18.2. The second-order valence-corrected chi connectivity index (χ2v) is 7.81. The van der Waals surface area contributed by atoms with E-state index >= 15 is 0 Å². The van der Waals surface area contributed by atoms with Crippen LogP contribution in [0.25, 0.3) is 0 Å². The third-order valence-corrected chi connectivity index (χ3v) is 5.69. The van der Waals surface area contributed by atoms with E-state index in [0.29, 0.717) is 24.4 Å². The van der Waals surface area contributed by atoms with E-state index < -0.39 is 0 Å². The van der Waals surface area contributed by atoms with Gasteiger partial charge in [0.25, 0.3) is 0 Å². The van der Waals surface area contributed by atoms with Crippen LogP contribution in [0.4, 0.5) is 17.6 Å². The minimum atomic E-state index is 0.219. The number of aromatic nitrogens is 3. The van der Waals surface area contributed by atoms with E-state index in [2.05, 4.69) is 33.3 Å². The number of quaternary nitrogens is 1. The second-order valence-electron chi connectivity index (χ2n) is 7.81. The molecule has 1 unspecified atom stereocenters. The van der Waals surface area contributed by atoms with Crippen LogP contribution in [0.3, 0.4) is 0 Å². The molecule has 4 N–H and O–H groups in total. The van der Waals surface area contributed by atoms with Crippen molar-refractivity contribution in [3.05, 3.63) is 59.4 Å². The van der Waals surface area contributed by atoms with E-state index in [1.807, 2.05) is 36.4 Å². The molecule has 3 aromatic rings. The number of nitrogens with zero attached hydrogens (tertiary/aromatic N) is 3. The summed E-state index contributed by atoms with van der Waals surface area (Å²) in [5.74, 6) is 3.00. The van der Waals surface area contributed by atoms with Gasteiger partial charge in [0.1, 0.15) is 24.1 Å². The maximum Gasteiger partial charge on any atom is 0.232 e. The summed E-state index contributed by atoms with van der Waals surface area (Å²) in [5, 5.41) is 3.23. The van der Waals surface area contributed by atoms with Gasteiger partial charge < -0.3 is 25.4 Å². The van der Waals surface area contributed by atoms with Crippen molar-refractivity contribution in [2.24, 2.45) is 0 Å². The molecule has 1 aliphatic heterocycles. The highest BCUT2D eigenvalue weighted by Crippen LogP contribution is 2.31. The minimum Gasteiger partial charge on any atom is -0.497 e. The molecule has 2 aromatic carbocycles. The molecule has 2 atom stereocenters. The molecule has 4 rings (SSSR count). The number of aryl methyl sites for hydroxylation is 1. The topological polar surface area (TPSA) is 99.6 Å². The Balaban J connectivity index is 1.54. The molecule has 0 spiro atoms. The van der Waals surface area contributed by atoms with Crippen molar-refractivity contribution in [3.63, 3.8) is 0 Å². The minimum absolute atomic E-state index is 0.219. The summed E-state index contributed by atoms with van der Waals surface area (Å²) in [4.78, 5) is 14.7. The first kappa shape index (κ1) is 20.9. The summed E-state index contributed by atoms with van der Waals surface area (Å²) in [7, 11) is 3.36. The SMILES string of the molecule is COc1ccc([C@@H]2CCC[NH+]2Cc2nc(N)nc(Nc3ccc(C)cc3)n2)c(OC)c1. The number of nitrogens with one attached hydrogen (secondary N) is 2. The fourth-order valence-corrected chi connectivity index (χ4v) is 4.15. The lowest BCUT2D eigenvalue weighted by Gasteiger charge is -2.23. The third kappa shape index (κ3) is 4.86. The van der Waals surface area contributed by atoms with Gasteiger partial charge >= 0.3 is 0 Å². The number of methoxy groups -OCH3 is 2. The molecule has 31 heavy (non-hydrogen) atoms. The van der Waals surface area contributed by atoms with Gasteiger partial charge in [-0.2, -0.15) is 15.0 Å². The maximum absolute atomic E-state index is 5.99. The number of nitrogen functional groups attached to an aromatic ring is 1. The van der Waals surface area contributed by atoms with Crippen LogP contribution in [0.2, 0.25) is 0 Å². The number of ether oxygens (including phenoxy) is 2. The highest BCUT2D eigenvalue weighted by atomic mass is 16.5. The Hall–Kier alpha value is -3.39. The zero-order valence-electron chi connectivity index (χ0n) is 18.2. The van der Waals surface area contributed by atoms with E-state index in [-0.39, 0.29) is 5.95 Å². The Bertz CT molecular complexity index is 1040. The molecule has 1 fully saturated rings. The van der Waals surface area contributed by atoms with Crippen molar-refractivity contribution in [2.45, 2.75) is 32.4 Å². The van der Waals surface area contributed by atoms with Crippen LogP contribution in [0.1, 0.15) is 35.8 Å².